The second-order valence-corrected chi connectivity index (χ2v) is 6.89. The van der Waals surface area contributed by atoms with Gasteiger partial charge in [-0.15, -0.1) is 11.3 Å². The van der Waals surface area contributed by atoms with Gasteiger partial charge in [-0.25, -0.2) is 4.98 Å². The molecular formula is C19H20N2O3S. The molecule has 0 saturated heterocycles. The van der Waals surface area contributed by atoms with E-state index in [0.29, 0.717) is 6.61 Å². The molecule has 0 radical (unpaired) electrons. The predicted octanol–water partition coefficient (Wildman–Crippen LogP) is 4.46. The number of fused-ring (bicyclic) bond motifs is 1. The molecule has 0 atom stereocenters. The van der Waals surface area contributed by atoms with Crippen LogP contribution >= 0.6 is 11.3 Å². The lowest BCUT2D eigenvalue weighted by Gasteiger charge is -2.14. The van der Waals surface area contributed by atoms with E-state index in [1.54, 1.807) is 18.4 Å². The number of hydrogen-bond acceptors (Lipinski definition) is 5. The summed E-state index contributed by atoms with van der Waals surface area (Å²) >= 11 is 1.61. The third kappa shape index (κ3) is 3.74. The van der Waals surface area contributed by atoms with E-state index in [4.69, 9.17) is 9.47 Å². The highest BCUT2D eigenvalue weighted by molar-refractivity contribution is 7.18. The first-order valence-electron chi connectivity index (χ1n) is 7.92. The van der Waals surface area contributed by atoms with E-state index in [1.807, 2.05) is 44.2 Å². The van der Waals surface area contributed by atoms with Gasteiger partial charge in [-0.2, -0.15) is 0 Å². The van der Waals surface area contributed by atoms with Gasteiger partial charge in [0.15, 0.2) is 0 Å². The van der Waals surface area contributed by atoms with Crippen molar-refractivity contribution in [3.63, 3.8) is 0 Å². The Morgan fingerprint density at radius 2 is 2.00 bits per heavy atom. The van der Waals surface area contributed by atoms with Gasteiger partial charge >= 0.3 is 0 Å². The second kappa shape index (κ2) is 7.11. The molecule has 0 aliphatic rings. The smallest absolute Gasteiger partial charge is 0.221 e. The fourth-order valence-corrected chi connectivity index (χ4v) is 3.42. The summed E-state index contributed by atoms with van der Waals surface area (Å²) in [5, 5.41) is 3.74. The number of methoxy groups -OCH3 is 1. The summed E-state index contributed by atoms with van der Waals surface area (Å²) in [5.41, 5.74) is 3.73. The van der Waals surface area contributed by atoms with Crippen LogP contribution in [0.4, 0.5) is 5.69 Å². The average molecular weight is 356 g/mol. The molecule has 1 aromatic heterocycles. The van der Waals surface area contributed by atoms with Crippen LogP contribution in [0.5, 0.6) is 11.5 Å². The maximum Gasteiger partial charge on any atom is 0.221 e. The number of ether oxygens (including phenoxy) is 2. The molecule has 1 N–H and O–H groups in total. The number of anilines is 1. The Morgan fingerprint density at radius 3 is 2.72 bits per heavy atom. The first-order valence-corrected chi connectivity index (χ1v) is 8.73. The van der Waals surface area contributed by atoms with Gasteiger partial charge in [-0.3, -0.25) is 4.79 Å². The molecule has 130 valence electrons. The first kappa shape index (κ1) is 17.2. The van der Waals surface area contributed by atoms with Crippen molar-refractivity contribution >= 4 is 33.1 Å². The van der Waals surface area contributed by atoms with Gasteiger partial charge in [0, 0.05) is 18.7 Å². The summed E-state index contributed by atoms with van der Waals surface area (Å²) in [7, 11) is 1.65. The van der Waals surface area contributed by atoms with E-state index >= 15 is 0 Å². The maximum atomic E-state index is 11.2. The second-order valence-electron chi connectivity index (χ2n) is 5.77. The fraction of sp³-hybridized carbons (Fsp3) is 0.263. The summed E-state index contributed by atoms with van der Waals surface area (Å²) in [6, 6.07) is 9.60. The van der Waals surface area contributed by atoms with E-state index in [9.17, 15) is 4.79 Å². The minimum Gasteiger partial charge on any atom is -0.497 e. The molecule has 3 rings (SSSR count). The molecule has 3 aromatic rings. The van der Waals surface area contributed by atoms with Crippen molar-refractivity contribution in [2.24, 2.45) is 0 Å². The Labute approximate surface area is 150 Å². The molecule has 5 nitrogen and oxygen atoms in total. The number of carbonyl (C=O) groups excluding carboxylic acids is 1. The quantitative estimate of drug-likeness (QED) is 0.733. The van der Waals surface area contributed by atoms with E-state index in [0.717, 1.165) is 43.5 Å². The Morgan fingerprint density at radius 1 is 1.20 bits per heavy atom. The lowest BCUT2D eigenvalue weighted by Crippen LogP contribution is -2.08. The SMILES string of the molecule is COc1ccc2sc(COc3ccc(NC(C)=O)c(C)c3C)nc2c1. The van der Waals surface area contributed by atoms with Crippen LogP contribution in [0, 0.1) is 13.8 Å². The van der Waals surface area contributed by atoms with Gasteiger partial charge < -0.3 is 14.8 Å². The summed E-state index contributed by atoms with van der Waals surface area (Å²) < 4.78 is 12.3. The summed E-state index contributed by atoms with van der Waals surface area (Å²) in [5.74, 6) is 1.51. The lowest BCUT2D eigenvalue weighted by molar-refractivity contribution is -0.114. The highest BCUT2D eigenvalue weighted by Gasteiger charge is 2.10. The van der Waals surface area contributed by atoms with Crippen molar-refractivity contribution in [3.05, 3.63) is 46.5 Å². The van der Waals surface area contributed by atoms with E-state index in [2.05, 4.69) is 10.3 Å². The monoisotopic (exact) mass is 356 g/mol. The number of hydrogen-bond donors (Lipinski definition) is 1. The molecule has 1 heterocycles. The molecule has 1 amide bonds. The van der Waals surface area contributed by atoms with Crippen molar-refractivity contribution in [2.75, 3.05) is 12.4 Å². The average Bonchev–Trinajstić information content (AvgIpc) is 2.99. The fourth-order valence-electron chi connectivity index (χ4n) is 2.56. The molecule has 6 heteroatoms. The van der Waals surface area contributed by atoms with Crippen LogP contribution in [-0.2, 0) is 11.4 Å². The molecule has 2 aromatic carbocycles. The molecule has 0 saturated carbocycles. The standard InChI is InChI=1S/C19H20N2O3S/c1-11-12(2)17(7-6-15(11)20-13(3)22)24-10-19-21-16-9-14(23-4)5-8-18(16)25-19/h5-9H,10H2,1-4H3,(H,20,22). The Hall–Kier alpha value is -2.60. The highest BCUT2D eigenvalue weighted by atomic mass is 32.1. The zero-order chi connectivity index (χ0) is 18.0. The zero-order valence-electron chi connectivity index (χ0n) is 14.7. The van der Waals surface area contributed by atoms with Gasteiger partial charge in [0.05, 0.1) is 17.3 Å². The van der Waals surface area contributed by atoms with Gasteiger partial charge in [0.1, 0.15) is 23.1 Å². The number of nitrogens with zero attached hydrogens (tertiary/aromatic N) is 1. The highest BCUT2D eigenvalue weighted by Crippen LogP contribution is 2.30. The van der Waals surface area contributed by atoms with E-state index in [-0.39, 0.29) is 5.91 Å². The number of amides is 1. The van der Waals surface area contributed by atoms with Crippen LogP contribution in [-0.4, -0.2) is 18.0 Å². The van der Waals surface area contributed by atoms with Crippen LogP contribution < -0.4 is 14.8 Å². The Kier molecular flexibility index (Phi) is 4.90. The van der Waals surface area contributed by atoms with Crippen LogP contribution in [0.25, 0.3) is 10.2 Å². The van der Waals surface area contributed by atoms with E-state index in [1.165, 1.54) is 6.92 Å². The third-order valence-corrected chi connectivity index (χ3v) is 5.05. The van der Waals surface area contributed by atoms with Crippen molar-refractivity contribution < 1.29 is 14.3 Å². The number of carbonyl (C=O) groups is 1. The molecule has 0 fully saturated rings. The molecule has 0 spiro atoms. The minimum absolute atomic E-state index is 0.0823. The van der Waals surface area contributed by atoms with E-state index < -0.39 is 0 Å². The Bertz CT molecular complexity index is 934. The van der Waals surface area contributed by atoms with Gasteiger partial charge in [0.2, 0.25) is 5.91 Å². The normalized spacial score (nSPS) is 10.7. The molecule has 25 heavy (non-hydrogen) atoms. The molecule has 0 unspecified atom stereocenters. The summed E-state index contributed by atoms with van der Waals surface area (Å²) in [6.07, 6.45) is 0. The van der Waals surface area contributed by atoms with Gasteiger partial charge in [0.25, 0.3) is 0 Å². The first-order chi connectivity index (χ1) is 12.0. The topological polar surface area (TPSA) is 60.5 Å². The van der Waals surface area contributed by atoms with Gasteiger partial charge in [-0.05, 0) is 49.2 Å². The predicted molar refractivity (Wildman–Crippen MR) is 101 cm³/mol. The number of rotatable bonds is 5. The third-order valence-electron chi connectivity index (χ3n) is 4.04. The minimum atomic E-state index is -0.0823. The number of aromatic nitrogens is 1. The van der Waals surface area contributed by atoms with Crippen molar-refractivity contribution in [3.8, 4) is 11.5 Å². The maximum absolute atomic E-state index is 11.2. The molecule has 0 bridgehead atoms. The molecule has 0 aliphatic carbocycles. The van der Waals surface area contributed by atoms with Crippen molar-refractivity contribution in [1.82, 2.24) is 4.98 Å². The van der Waals surface area contributed by atoms with Crippen LogP contribution in [0.2, 0.25) is 0 Å². The van der Waals surface area contributed by atoms with Crippen molar-refractivity contribution in [1.29, 1.82) is 0 Å². The lowest BCUT2D eigenvalue weighted by atomic mass is 10.1. The molecule has 0 aliphatic heterocycles. The summed E-state index contributed by atoms with van der Waals surface area (Å²) in [6.45, 7) is 5.86. The largest absolute Gasteiger partial charge is 0.497 e. The van der Waals surface area contributed by atoms with Crippen molar-refractivity contribution in [2.45, 2.75) is 27.4 Å². The number of nitrogens with one attached hydrogen (secondary N) is 1. The Balaban J connectivity index is 1.77. The number of benzene rings is 2. The zero-order valence-corrected chi connectivity index (χ0v) is 15.5. The van der Waals surface area contributed by atoms with Crippen LogP contribution in [0.3, 0.4) is 0 Å². The van der Waals surface area contributed by atoms with Gasteiger partial charge in [-0.1, -0.05) is 0 Å². The van der Waals surface area contributed by atoms with Crippen LogP contribution in [0.15, 0.2) is 30.3 Å². The number of thiazole rings is 1. The molecular weight excluding hydrogens is 336 g/mol. The van der Waals surface area contributed by atoms with Crippen LogP contribution in [0.1, 0.15) is 23.1 Å². The summed E-state index contributed by atoms with van der Waals surface area (Å²) in [4.78, 5) is 15.8.